The van der Waals surface area contributed by atoms with Gasteiger partial charge in [0, 0.05) is 32.1 Å². The zero-order chi connectivity index (χ0) is 11.5. The van der Waals surface area contributed by atoms with E-state index in [2.05, 4.69) is 17.6 Å². The number of hydrogen-bond acceptors (Lipinski definition) is 3. The Kier molecular flexibility index (Phi) is 3.43. The molecule has 5 nitrogen and oxygen atoms in total. The standard InChI is InChI=1S/C11H19N3O2/c1-8-9(2-4-12-8)11(16)14-6-3-10(15)13-5-7-14/h8-9,12H,2-7H2,1H3,(H,13,15). The Bertz CT molecular complexity index is 293. The minimum absolute atomic E-state index is 0.0490. The summed E-state index contributed by atoms with van der Waals surface area (Å²) in [4.78, 5) is 25.2. The average molecular weight is 225 g/mol. The van der Waals surface area contributed by atoms with Gasteiger partial charge in [0.15, 0.2) is 0 Å². The van der Waals surface area contributed by atoms with Gasteiger partial charge in [0.2, 0.25) is 11.8 Å². The molecule has 0 saturated carbocycles. The Labute approximate surface area is 95.6 Å². The van der Waals surface area contributed by atoms with E-state index in [1.165, 1.54) is 0 Å². The van der Waals surface area contributed by atoms with Crippen LogP contribution in [0.1, 0.15) is 19.8 Å². The van der Waals surface area contributed by atoms with E-state index in [4.69, 9.17) is 0 Å². The molecular weight excluding hydrogens is 206 g/mol. The maximum absolute atomic E-state index is 12.2. The maximum atomic E-state index is 12.2. The Morgan fingerprint density at radius 2 is 2.19 bits per heavy atom. The molecule has 0 bridgehead atoms. The molecule has 0 aliphatic carbocycles. The fourth-order valence-electron chi connectivity index (χ4n) is 2.42. The second-order valence-electron chi connectivity index (χ2n) is 4.56. The van der Waals surface area contributed by atoms with E-state index >= 15 is 0 Å². The molecule has 2 rings (SSSR count). The molecule has 0 aromatic rings. The fraction of sp³-hybridized carbons (Fsp3) is 0.818. The van der Waals surface area contributed by atoms with Crippen molar-refractivity contribution in [3.8, 4) is 0 Å². The minimum atomic E-state index is 0.0490. The smallest absolute Gasteiger partial charge is 0.227 e. The lowest BCUT2D eigenvalue weighted by molar-refractivity contribution is -0.135. The molecule has 2 N–H and O–H groups in total. The van der Waals surface area contributed by atoms with Crippen LogP contribution in [0.2, 0.25) is 0 Å². The first-order valence-corrected chi connectivity index (χ1v) is 5.97. The van der Waals surface area contributed by atoms with Crippen LogP contribution < -0.4 is 10.6 Å². The summed E-state index contributed by atoms with van der Waals surface area (Å²) in [7, 11) is 0. The minimum Gasteiger partial charge on any atom is -0.354 e. The summed E-state index contributed by atoms with van der Waals surface area (Å²) in [5, 5.41) is 6.07. The summed E-state index contributed by atoms with van der Waals surface area (Å²) in [5.74, 6) is 0.343. The quantitative estimate of drug-likeness (QED) is 0.622. The van der Waals surface area contributed by atoms with Gasteiger partial charge < -0.3 is 15.5 Å². The van der Waals surface area contributed by atoms with Gasteiger partial charge >= 0.3 is 0 Å². The molecule has 2 aliphatic rings. The van der Waals surface area contributed by atoms with Crippen LogP contribution in [0.5, 0.6) is 0 Å². The number of carbonyl (C=O) groups excluding carboxylic acids is 2. The van der Waals surface area contributed by atoms with Crippen molar-refractivity contribution in [2.24, 2.45) is 5.92 Å². The van der Waals surface area contributed by atoms with Gasteiger partial charge in [0.1, 0.15) is 0 Å². The normalized spacial score (nSPS) is 31.1. The summed E-state index contributed by atoms with van der Waals surface area (Å²) in [6, 6.07) is 0.263. The van der Waals surface area contributed by atoms with Gasteiger partial charge in [0.05, 0.1) is 5.92 Å². The van der Waals surface area contributed by atoms with E-state index in [1.54, 1.807) is 0 Å². The molecule has 2 fully saturated rings. The maximum Gasteiger partial charge on any atom is 0.227 e. The fourth-order valence-corrected chi connectivity index (χ4v) is 2.42. The number of amides is 2. The van der Waals surface area contributed by atoms with Crippen molar-refractivity contribution < 1.29 is 9.59 Å². The number of nitrogens with zero attached hydrogens (tertiary/aromatic N) is 1. The molecule has 2 unspecified atom stereocenters. The van der Waals surface area contributed by atoms with Crippen molar-refractivity contribution in [1.29, 1.82) is 0 Å². The molecule has 0 radical (unpaired) electrons. The van der Waals surface area contributed by atoms with E-state index in [1.807, 2.05) is 4.90 Å². The van der Waals surface area contributed by atoms with Gasteiger partial charge in [-0.2, -0.15) is 0 Å². The summed E-state index contributed by atoms with van der Waals surface area (Å²) >= 11 is 0. The zero-order valence-electron chi connectivity index (χ0n) is 9.66. The van der Waals surface area contributed by atoms with E-state index in [0.29, 0.717) is 26.1 Å². The third-order valence-corrected chi connectivity index (χ3v) is 3.47. The largest absolute Gasteiger partial charge is 0.354 e. The van der Waals surface area contributed by atoms with Crippen LogP contribution in [0.25, 0.3) is 0 Å². The Morgan fingerprint density at radius 1 is 1.38 bits per heavy atom. The second-order valence-corrected chi connectivity index (χ2v) is 4.56. The van der Waals surface area contributed by atoms with Crippen molar-refractivity contribution in [3.63, 3.8) is 0 Å². The van der Waals surface area contributed by atoms with Gasteiger partial charge in [0.25, 0.3) is 0 Å². The Hall–Kier alpha value is -1.10. The predicted octanol–water partition coefficient (Wildman–Crippen LogP) is -0.667. The Balaban J connectivity index is 1.95. The van der Waals surface area contributed by atoms with Crippen LogP contribution >= 0.6 is 0 Å². The molecule has 2 saturated heterocycles. The molecule has 16 heavy (non-hydrogen) atoms. The predicted molar refractivity (Wildman–Crippen MR) is 59.8 cm³/mol. The van der Waals surface area contributed by atoms with Gasteiger partial charge in [-0.25, -0.2) is 0 Å². The molecule has 90 valence electrons. The number of nitrogens with one attached hydrogen (secondary N) is 2. The lowest BCUT2D eigenvalue weighted by atomic mass is 10.0. The summed E-state index contributed by atoms with van der Waals surface area (Å²) < 4.78 is 0. The van der Waals surface area contributed by atoms with Gasteiger partial charge in [-0.05, 0) is 19.9 Å². The number of rotatable bonds is 1. The third kappa shape index (κ3) is 2.35. The molecular formula is C11H19N3O2. The lowest BCUT2D eigenvalue weighted by Gasteiger charge is -2.25. The molecule has 2 atom stereocenters. The van der Waals surface area contributed by atoms with Crippen molar-refractivity contribution in [2.75, 3.05) is 26.2 Å². The number of hydrogen-bond donors (Lipinski definition) is 2. The highest BCUT2D eigenvalue weighted by molar-refractivity contribution is 5.82. The van der Waals surface area contributed by atoms with E-state index in [0.717, 1.165) is 13.0 Å². The third-order valence-electron chi connectivity index (χ3n) is 3.47. The van der Waals surface area contributed by atoms with Crippen molar-refractivity contribution in [2.45, 2.75) is 25.8 Å². The first-order valence-electron chi connectivity index (χ1n) is 5.97. The molecule has 2 aliphatic heterocycles. The first-order chi connectivity index (χ1) is 7.68. The van der Waals surface area contributed by atoms with E-state index in [9.17, 15) is 9.59 Å². The van der Waals surface area contributed by atoms with Crippen molar-refractivity contribution >= 4 is 11.8 Å². The van der Waals surface area contributed by atoms with Gasteiger partial charge in [-0.1, -0.05) is 0 Å². The number of carbonyl (C=O) groups is 2. The van der Waals surface area contributed by atoms with E-state index in [-0.39, 0.29) is 23.8 Å². The highest BCUT2D eigenvalue weighted by Crippen LogP contribution is 2.18. The molecule has 2 heterocycles. The second kappa shape index (κ2) is 4.82. The lowest BCUT2D eigenvalue weighted by Crippen LogP contribution is -2.41. The molecule has 5 heteroatoms. The average Bonchev–Trinajstić information content (AvgIpc) is 2.56. The van der Waals surface area contributed by atoms with Crippen LogP contribution in [0.3, 0.4) is 0 Å². The van der Waals surface area contributed by atoms with Crippen LogP contribution in [0.15, 0.2) is 0 Å². The molecule has 2 amide bonds. The Morgan fingerprint density at radius 3 is 2.88 bits per heavy atom. The monoisotopic (exact) mass is 225 g/mol. The van der Waals surface area contributed by atoms with E-state index < -0.39 is 0 Å². The summed E-state index contributed by atoms with van der Waals surface area (Å²) in [6.07, 6.45) is 1.35. The van der Waals surface area contributed by atoms with Crippen LogP contribution in [-0.2, 0) is 9.59 Å². The molecule has 0 aromatic carbocycles. The van der Waals surface area contributed by atoms with Crippen molar-refractivity contribution in [1.82, 2.24) is 15.5 Å². The molecule has 0 aromatic heterocycles. The first kappa shape index (κ1) is 11.4. The van der Waals surface area contributed by atoms with Gasteiger partial charge in [-0.15, -0.1) is 0 Å². The highest BCUT2D eigenvalue weighted by atomic mass is 16.2. The SMILES string of the molecule is CC1NCCC1C(=O)N1CCNC(=O)CC1. The highest BCUT2D eigenvalue weighted by Gasteiger charge is 2.33. The zero-order valence-corrected chi connectivity index (χ0v) is 9.66. The molecule has 0 spiro atoms. The van der Waals surface area contributed by atoms with Crippen LogP contribution in [-0.4, -0.2) is 48.9 Å². The van der Waals surface area contributed by atoms with Crippen molar-refractivity contribution in [3.05, 3.63) is 0 Å². The van der Waals surface area contributed by atoms with Gasteiger partial charge in [-0.3, -0.25) is 9.59 Å². The van der Waals surface area contributed by atoms with Crippen LogP contribution in [0, 0.1) is 5.92 Å². The topological polar surface area (TPSA) is 61.4 Å². The summed E-state index contributed by atoms with van der Waals surface area (Å²) in [6.45, 7) is 4.76. The summed E-state index contributed by atoms with van der Waals surface area (Å²) in [5.41, 5.74) is 0. The van der Waals surface area contributed by atoms with Crippen LogP contribution in [0.4, 0.5) is 0 Å².